The molecule has 0 radical (unpaired) electrons. The van der Waals surface area contributed by atoms with Gasteiger partial charge in [-0.05, 0) is 36.2 Å². The minimum atomic E-state index is -0.767. The number of hydrogen-bond acceptors (Lipinski definition) is 7. The summed E-state index contributed by atoms with van der Waals surface area (Å²) in [7, 11) is 1.60. The number of carbonyl (C=O) groups excluding carboxylic acids is 2. The number of benzene rings is 1. The summed E-state index contributed by atoms with van der Waals surface area (Å²) in [6.45, 7) is 2.29. The van der Waals surface area contributed by atoms with Crippen LogP contribution < -0.4 is 4.74 Å². The van der Waals surface area contributed by atoms with Crippen molar-refractivity contribution in [3.63, 3.8) is 0 Å². The van der Waals surface area contributed by atoms with Gasteiger partial charge in [-0.3, -0.25) is 29.3 Å². The highest BCUT2D eigenvalue weighted by Gasteiger charge is 2.64. The third-order valence-corrected chi connectivity index (χ3v) is 6.60. The Balaban J connectivity index is 1.38. The molecule has 2 aromatic rings. The van der Waals surface area contributed by atoms with E-state index in [1.54, 1.807) is 13.3 Å². The molecule has 2 atom stereocenters. The van der Waals surface area contributed by atoms with Gasteiger partial charge in [-0.15, -0.1) is 0 Å². The van der Waals surface area contributed by atoms with Crippen molar-refractivity contribution in [2.24, 2.45) is 0 Å². The number of likely N-dealkylation sites (tertiary alicyclic amines) is 1. The molecule has 2 amide bonds. The molecule has 0 bridgehead atoms. The Labute approximate surface area is 181 Å². The molecule has 3 aliphatic heterocycles. The van der Waals surface area contributed by atoms with E-state index < -0.39 is 17.7 Å². The summed E-state index contributed by atoms with van der Waals surface area (Å²) in [5.74, 6) is 0.341. The smallest absolute Gasteiger partial charge is 0.252 e. The van der Waals surface area contributed by atoms with Crippen molar-refractivity contribution < 1.29 is 19.4 Å². The first-order chi connectivity index (χ1) is 15.0. The van der Waals surface area contributed by atoms with Gasteiger partial charge in [0.05, 0.1) is 31.5 Å². The molecule has 0 saturated carbocycles. The number of amides is 2. The van der Waals surface area contributed by atoms with Crippen LogP contribution in [0.3, 0.4) is 0 Å². The van der Waals surface area contributed by atoms with Crippen LogP contribution in [0, 0.1) is 0 Å². The number of hydrogen-bond donors (Lipinski definition) is 1. The average Bonchev–Trinajstić information content (AvgIpc) is 3.16. The Morgan fingerprint density at radius 1 is 1.13 bits per heavy atom. The lowest BCUT2D eigenvalue weighted by molar-refractivity contribution is -0.181. The lowest BCUT2D eigenvalue weighted by Crippen LogP contribution is -2.81. The van der Waals surface area contributed by atoms with E-state index in [1.165, 1.54) is 4.90 Å². The number of piperazine rings is 1. The highest BCUT2D eigenvalue weighted by atomic mass is 16.5. The molecule has 1 aromatic heterocycles. The third kappa shape index (κ3) is 3.40. The lowest BCUT2D eigenvalue weighted by Gasteiger charge is -2.58. The van der Waals surface area contributed by atoms with Crippen LogP contribution in [-0.2, 0) is 22.7 Å². The largest absolute Gasteiger partial charge is 0.497 e. The van der Waals surface area contributed by atoms with Crippen molar-refractivity contribution in [1.29, 1.82) is 0 Å². The molecule has 1 aromatic carbocycles. The first kappa shape index (κ1) is 20.1. The van der Waals surface area contributed by atoms with Crippen LogP contribution in [0.4, 0.5) is 0 Å². The fourth-order valence-electron chi connectivity index (χ4n) is 5.08. The van der Waals surface area contributed by atoms with Crippen molar-refractivity contribution in [3.05, 3.63) is 59.9 Å². The van der Waals surface area contributed by atoms with Gasteiger partial charge < -0.3 is 9.84 Å². The first-order valence-corrected chi connectivity index (χ1v) is 10.6. The molecule has 31 heavy (non-hydrogen) atoms. The van der Waals surface area contributed by atoms with Gasteiger partial charge in [0.1, 0.15) is 11.3 Å². The molecular weight excluding hydrogens is 396 g/mol. The number of aliphatic hydroxyl groups is 1. The SMILES string of the molecule is COc1ccc(CN2C(=O)C3CC(O)CN3C3(CN(Cc4ccccn4)C3)C2=O)cc1. The van der Waals surface area contributed by atoms with Crippen molar-refractivity contribution >= 4 is 11.8 Å². The molecule has 1 N–H and O–H groups in total. The number of fused-ring (bicyclic) bond motifs is 2. The molecule has 4 heterocycles. The summed E-state index contributed by atoms with van der Waals surface area (Å²) in [5.41, 5.74) is 1.05. The maximum absolute atomic E-state index is 13.6. The number of carbonyl (C=O) groups is 2. The van der Waals surface area contributed by atoms with Crippen molar-refractivity contribution in [3.8, 4) is 5.75 Å². The summed E-state index contributed by atoms with van der Waals surface area (Å²) in [6.07, 6.45) is 1.54. The van der Waals surface area contributed by atoms with Crippen LogP contribution in [0.15, 0.2) is 48.7 Å². The Morgan fingerprint density at radius 3 is 2.58 bits per heavy atom. The Morgan fingerprint density at radius 2 is 1.90 bits per heavy atom. The van der Waals surface area contributed by atoms with Crippen LogP contribution in [0.1, 0.15) is 17.7 Å². The second kappa shape index (κ2) is 7.71. The summed E-state index contributed by atoms with van der Waals surface area (Å²) >= 11 is 0. The Hall–Kier alpha value is -2.81. The number of nitrogens with zero attached hydrogens (tertiary/aromatic N) is 4. The zero-order chi connectivity index (χ0) is 21.6. The number of β-amino-alcohol motifs (C(OH)–C–C–N with tert-alkyl or cyclic N) is 1. The first-order valence-electron chi connectivity index (χ1n) is 10.6. The monoisotopic (exact) mass is 422 g/mol. The zero-order valence-electron chi connectivity index (χ0n) is 17.5. The number of aliphatic hydroxyl groups excluding tert-OH is 1. The van der Waals surface area contributed by atoms with Crippen LogP contribution in [0.25, 0.3) is 0 Å². The van der Waals surface area contributed by atoms with E-state index in [9.17, 15) is 14.7 Å². The van der Waals surface area contributed by atoms with Crippen LogP contribution in [0.5, 0.6) is 5.75 Å². The van der Waals surface area contributed by atoms with Gasteiger partial charge in [-0.2, -0.15) is 0 Å². The predicted octanol–water partition coefficient (Wildman–Crippen LogP) is 0.649. The van der Waals surface area contributed by atoms with E-state index >= 15 is 0 Å². The summed E-state index contributed by atoms with van der Waals surface area (Å²) in [5, 5.41) is 10.3. The lowest BCUT2D eigenvalue weighted by atomic mass is 9.82. The molecular formula is C23H26N4O4. The van der Waals surface area contributed by atoms with Crippen molar-refractivity contribution in [2.45, 2.75) is 37.2 Å². The highest BCUT2D eigenvalue weighted by molar-refractivity contribution is 6.06. The predicted molar refractivity (Wildman–Crippen MR) is 112 cm³/mol. The van der Waals surface area contributed by atoms with Crippen LogP contribution >= 0.6 is 0 Å². The highest BCUT2D eigenvalue weighted by Crippen LogP contribution is 2.41. The number of imide groups is 1. The molecule has 5 rings (SSSR count). The Bertz CT molecular complexity index is 975. The fraction of sp³-hybridized carbons (Fsp3) is 0.435. The van der Waals surface area contributed by atoms with Gasteiger partial charge in [0.25, 0.3) is 5.91 Å². The molecule has 3 fully saturated rings. The summed E-state index contributed by atoms with van der Waals surface area (Å²) < 4.78 is 5.20. The molecule has 8 nitrogen and oxygen atoms in total. The molecule has 162 valence electrons. The number of aromatic nitrogens is 1. The molecule has 1 spiro atoms. The maximum atomic E-state index is 13.6. The average molecular weight is 422 g/mol. The van der Waals surface area contributed by atoms with E-state index in [1.807, 2.05) is 47.4 Å². The molecule has 3 aliphatic rings. The molecule has 8 heteroatoms. The van der Waals surface area contributed by atoms with E-state index in [4.69, 9.17) is 4.74 Å². The minimum Gasteiger partial charge on any atom is -0.497 e. The molecule has 3 saturated heterocycles. The third-order valence-electron chi connectivity index (χ3n) is 6.60. The summed E-state index contributed by atoms with van der Waals surface area (Å²) in [4.78, 5) is 36.7. The Kier molecular flexibility index (Phi) is 5.00. The van der Waals surface area contributed by atoms with Crippen molar-refractivity contribution in [2.75, 3.05) is 26.7 Å². The standard InChI is InChI=1S/C23H26N4O4/c1-31-19-7-5-16(6-8-19)11-26-21(29)20-10-18(28)13-27(20)23(22(26)30)14-25(15-23)12-17-4-2-3-9-24-17/h2-9,18,20,28H,10-15H2,1H3. The number of pyridine rings is 1. The molecule has 0 aliphatic carbocycles. The number of methoxy groups -OCH3 is 1. The van der Waals surface area contributed by atoms with Gasteiger partial charge >= 0.3 is 0 Å². The molecule has 2 unspecified atom stereocenters. The fourth-order valence-corrected chi connectivity index (χ4v) is 5.08. The van der Waals surface area contributed by atoms with Gasteiger partial charge in [-0.1, -0.05) is 18.2 Å². The maximum Gasteiger partial charge on any atom is 0.252 e. The van der Waals surface area contributed by atoms with E-state index in [0.717, 1.165) is 17.0 Å². The van der Waals surface area contributed by atoms with Crippen LogP contribution in [0.2, 0.25) is 0 Å². The summed E-state index contributed by atoms with van der Waals surface area (Å²) in [6, 6.07) is 12.7. The number of rotatable bonds is 5. The van der Waals surface area contributed by atoms with E-state index in [2.05, 4.69) is 9.88 Å². The normalized spacial score (nSPS) is 25.5. The van der Waals surface area contributed by atoms with Gasteiger partial charge in [0.2, 0.25) is 5.91 Å². The van der Waals surface area contributed by atoms with E-state index in [-0.39, 0.29) is 18.4 Å². The van der Waals surface area contributed by atoms with Crippen LogP contribution in [-0.4, -0.2) is 81.0 Å². The number of ether oxygens (including phenoxy) is 1. The van der Waals surface area contributed by atoms with Gasteiger partial charge in [0.15, 0.2) is 0 Å². The van der Waals surface area contributed by atoms with Gasteiger partial charge in [0, 0.05) is 32.4 Å². The quantitative estimate of drug-likeness (QED) is 0.708. The zero-order valence-corrected chi connectivity index (χ0v) is 17.5. The minimum absolute atomic E-state index is 0.170. The van der Waals surface area contributed by atoms with Crippen molar-refractivity contribution in [1.82, 2.24) is 19.7 Å². The van der Waals surface area contributed by atoms with E-state index in [0.29, 0.717) is 32.6 Å². The van der Waals surface area contributed by atoms with Gasteiger partial charge in [-0.25, -0.2) is 0 Å². The topological polar surface area (TPSA) is 86.2 Å². The second-order valence-corrected chi connectivity index (χ2v) is 8.63. The second-order valence-electron chi connectivity index (χ2n) is 8.63.